The smallest absolute Gasteiger partial charge is 0.407 e. The summed E-state index contributed by atoms with van der Waals surface area (Å²) < 4.78 is 6.31. The lowest BCUT2D eigenvalue weighted by molar-refractivity contribution is 0.0525. The summed E-state index contributed by atoms with van der Waals surface area (Å²) in [6.07, 6.45) is -0.367. The second-order valence-corrected chi connectivity index (χ2v) is 6.65. The monoisotopic (exact) mass is 327 g/mol. The molecule has 106 valence electrons. The first-order chi connectivity index (χ1) is 8.69. The van der Waals surface area contributed by atoms with Gasteiger partial charge in [-0.3, -0.25) is 0 Å². The van der Waals surface area contributed by atoms with E-state index in [-0.39, 0.29) is 12.0 Å². The van der Waals surface area contributed by atoms with Crippen LogP contribution in [-0.2, 0) is 4.74 Å². The Hall–Kier alpha value is -1.03. The molecule has 1 rings (SSSR count). The SMILES string of the molecule is Cc1cc(C(C)CNC(=O)OC(C)(C)C)ccc1Br. The topological polar surface area (TPSA) is 38.3 Å². The van der Waals surface area contributed by atoms with Crippen LogP contribution in [0.15, 0.2) is 22.7 Å². The summed E-state index contributed by atoms with van der Waals surface area (Å²) in [6, 6.07) is 6.23. The number of halogens is 1. The van der Waals surface area contributed by atoms with Crippen molar-refractivity contribution < 1.29 is 9.53 Å². The lowest BCUT2D eigenvalue weighted by Crippen LogP contribution is -2.34. The van der Waals surface area contributed by atoms with E-state index in [1.165, 1.54) is 11.1 Å². The Morgan fingerprint density at radius 1 is 1.42 bits per heavy atom. The van der Waals surface area contributed by atoms with Gasteiger partial charge in [-0.15, -0.1) is 0 Å². The van der Waals surface area contributed by atoms with E-state index in [0.29, 0.717) is 6.54 Å². The van der Waals surface area contributed by atoms with E-state index in [9.17, 15) is 4.79 Å². The van der Waals surface area contributed by atoms with E-state index in [1.807, 2.05) is 26.8 Å². The van der Waals surface area contributed by atoms with E-state index in [2.05, 4.69) is 47.2 Å². The van der Waals surface area contributed by atoms with Crippen LogP contribution in [0.4, 0.5) is 4.79 Å². The van der Waals surface area contributed by atoms with E-state index < -0.39 is 5.60 Å². The second-order valence-electron chi connectivity index (χ2n) is 5.79. The largest absolute Gasteiger partial charge is 0.444 e. The fraction of sp³-hybridized carbons (Fsp3) is 0.533. The minimum absolute atomic E-state index is 0.249. The number of benzene rings is 1. The molecule has 0 bridgehead atoms. The van der Waals surface area contributed by atoms with Gasteiger partial charge in [0.1, 0.15) is 5.60 Å². The third-order valence-electron chi connectivity index (χ3n) is 2.70. The molecular weight excluding hydrogens is 306 g/mol. The van der Waals surface area contributed by atoms with Crippen LogP contribution in [0, 0.1) is 6.92 Å². The molecule has 0 radical (unpaired) electrons. The van der Waals surface area contributed by atoms with Gasteiger partial charge in [0.25, 0.3) is 0 Å². The molecule has 0 aliphatic carbocycles. The highest BCUT2D eigenvalue weighted by Crippen LogP contribution is 2.22. The van der Waals surface area contributed by atoms with Crippen LogP contribution in [-0.4, -0.2) is 18.2 Å². The molecule has 1 amide bonds. The maximum atomic E-state index is 11.6. The number of carbonyl (C=O) groups is 1. The van der Waals surface area contributed by atoms with Crippen LogP contribution in [0.2, 0.25) is 0 Å². The van der Waals surface area contributed by atoms with Crippen molar-refractivity contribution in [2.24, 2.45) is 0 Å². The molecule has 0 saturated carbocycles. The van der Waals surface area contributed by atoms with Gasteiger partial charge in [0.15, 0.2) is 0 Å². The zero-order chi connectivity index (χ0) is 14.6. The first kappa shape index (κ1) is 16.0. The first-order valence-corrected chi connectivity index (χ1v) is 7.21. The van der Waals surface area contributed by atoms with Crippen molar-refractivity contribution in [1.82, 2.24) is 5.32 Å². The molecule has 0 aliphatic rings. The molecule has 1 unspecified atom stereocenters. The first-order valence-electron chi connectivity index (χ1n) is 6.42. The highest BCUT2D eigenvalue weighted by Gasteiger charge is 2.16. The summed E-state index contributed by atoms with van der Waals surface area (Å²) in [5, 5.41) is 2.80. The summed E-state index contributed by atoms with van der Waals surface area (Å²) in [6.45, 7) is 10.3. The Labute approximate surface area is 123 Å². The maximum absolute atomic E-state index is 11.6. The number of alkyl carbamates (subject to hydrolysis) is 1. The van der Waals surface area contributed by atoms with Crippen molar-refractivity contribution in [3.05, 3.63) is 33.8 Å². The molecule has 1 aromatic rings. The molecule has 0 spiro atoms. The molecule has 3 nitrogen and oxygen atoms in total. The van der Waals surface area contributed by atoms with Gasteiger partial charge in [0.2, 0.25) is 0 Å². The van der Waals surface area contributed by atoms with Crippen molar-refractivity contribution in [3.8, 4) is 0 Å². The van der Waals surface area contributed by atoms with Crippen LogP contribution in [0.5, 0.6) is 0 Å². The molecule has 0 aliphatic heterocycles. The van der Waals surface area contributed by atoms with Gasteiger partial charge in [0.05, 0.1) is 0 Å². The average Bonchev–Trinajstić information content (AvgIpc) is 2.27. The second kappa shape index (κ2) is 6.42. The summed E-state index contributed by atoms with van der Waals surface area (Å²) >= 11 is 3.48. The van der Waals surface area contributed by atoms with E-state index in [0.717, 1.165) is 4.47 Å². The normalized spacial score (nSPS) is 12.9. The van der Waals surface area contributed by atoms with Crippen molar-refractivity contribution >= 4 is 22.0 Å². The summed E-state index contributed by atoms with van der Waals surface area (Å²) in [5.74, 6) is 0.249. The van der Waals surface area contributed by atoms with Gasteiger partial charge in [-0.05, 0) is 50.8 Å². The quantitative estimate of drug-likeness (QED) is 0.894. The molecule has 19 heavy (non-hydrogen) atoms. The van der Waals surface area contributed by atoms with Crippen LogP contribution in [0.3, 0.4) is 0 Å². The van der Waals surface area contributed by atoms with Crippen molar-refractivity contribution in [1.29, 1.82) is 0 Å². The molecule has 1 aromatic carbocycles. The number of rotatable bonds is 3. The van der Waals surface area contributed by atoms with Gasteiger partial charge in [-0.1, -0.05) is 35.0 Å². The van der Waals surface area contributed by atoms with Crippen LogP contribution >= 0.6 is 15.9 Å². The highest BCUT2D eigenvalue weighted by molar-refractivity contribution is 9.10. The third kappa shape index (κ3) is 5.64. The van der Waals surface area contributed by atoms with Gasteiger partial charge in [-0.25, -0.2) is 4.79 Å². The maximum Gasteiger partial charge on any atom is 0.407 e. The summed E-state index contributed by atoms with van der Waals surface area (Å²) in [7, 11) is 0. The lowest BCUT2D eigenvalue weighted by atomic mass is 9.99. The molecule has 0 fully saturated rings. The van der Waals surface area contributed by atoms with Gasteiger partial charge < -0.3 is 10.1 Å². The zero-order valence-corrected chi connectivity index (χ0v) is 13.8. The van der Waals surface area contributed by atoms with Crippen molar-refractivity contribution in [2.45, 2.75) is 46.1 Å². The van der Waals surface area contributed by atoms with Gasteiger partial charge >= 0.3 is 6.09 Å². The van der Waals surface area contributed by atoms with Crippen LogP contribution < -0.4 is 5.32 Å². The third-order valence-corrected chi connectivity index (χ3v) is 3.59. The number of aryl methyl sites for hydroxylation is 1. The number of hydrogen-bond acceptors (Lipinski definition) is 2. The molecular formula is C15H22BrNO2. The van der Waals surface area contributed by atoms with Crippen molar-refractivity contribution in [3.63, 3.8) is 0 Å². The van der Waals surface area contributed by atoms with Crippen LogP contribution in [0.25, 0.3) is 0 Å². The van der Waals surface area contributed by atoms with E-state index in [1.54, 1.807) is 0 Å². The Kier molecular flexibility index (Phi) is 5.41. The predicted octanol–water partition coefficient (Wildman–Crippen LogP) is 4.39. The molecule has 0 aromatic heterocycles. The fourth-order valence-corrected chi connectivity index (χ4v) is 1.89. The number of ether oxygens (including phenoxy) is 1. The summed E-state index contributed by atoms with van der Waals surface area (Å²) in [5.41, 5.74) is 1.94. The van der Waals surface area contributed by atoms with E-state index >= 15 is 0 Å². The zero-order valence-electron chi connectivity index (χ0n) is 12.2. The summed E-state index contributed by atoms with van der Waals surface area (Å²) in [4.78, 5) is 11.6. The Balaban J connectivity index is 2.53. The van der Waals surface area contributed by atoms with Crippen molar-refractivity contribution in [2.75, 3.05) is 6.54 Å². The van der Waals surface area contributed by atoms with Gasteiger partial charge in [0, 0.05) is 11.0 Å². The standard InChI is InChI=1S/C15H22BrNO2/c1-10-8-12(6-7-13(10)16)11(2)9-17-14(18)19-15(3,4)5/h6-8,11H,9H2,1-5H3,(H,17,18). The molecule has 1 atom stereocenters. The number of nitrogens with one attached hydrogen (secondary N) is 1. The molecule has 4 heteroatoms. The fourth-order valence-electron chi connectivity index (χ4n) is 1.64. The molecule has 0 saturated heterocycles. The number of hydrogen-bond donors (Lipinski definition) is 1. The Morgan fingerprint density at radius 3 is 2.58 bits per heavy atom. The molecule has 0 heterocycles. The van der Waals surface area contributed by atoms with Crippen LogP contribution in [0.1, 0.15) is 44.7 Å². The van der Waals surface area contributed by atoms with E-state index in [4.69, 9.17) is 4.74 Å². The average molecular weight is 328 g/mol. The minimum Gasteiger partial charge on any atom is -0.444 e. The lowest BCUT2D eigenvalue weighted by Gasteiger charge is -2.21. The molecule has 1 N–H and O–H groups in total. The highest BCUT2D eigenvalue weighted by atomic mass is 79.9. The Morgan fingerprint density at radius 2 is 2.05 bits per heavy atom. The number of carbonyl (C=O) groups excluding carboxylic acids is 1. The van der Waals surface area contributed by atoms with Gasteiger partial charge in [-0.2, -0.15) is 0 Å². The number of amides is 1. The minimum atomic E-state index is -0.457. The Bertz CT molecular complexity index is 452. The predicted molar refractivity (Wildman–Crippen MR) is 81.5 cm³/mol.